The first kappa shape index (κ1) is 11.9. The third-order valence-electron chi connectivity index (χ3n) is 2.86. The van der Waals surface area contributed by atoms with Crippen molar-refractivity contribution < 1.29 is 13.2 Å². The summed E-state index contributed by atoms with van der Waals surface area (Å²) in [5.41, 5.74) is -0.518. The van der Waals surface area contributed by atoms with E-state index in [1.54, 1.807) is 0 Å². The van der Waals surface area contributed by atoms with Crippen molar-refractivity contribution in [3.63, 3.8) is 0 Å². The lowest BCUT2D eigenvalue weighted by atomic mass is 9.93. The lowest BCUT2D eigenvalue weighted by Crippen LogP contribution is -2.28. The molecule has 2 rings (SSSR count). The summed E-state index contributed by atoms with van der Waals surface area (Å²) in [6, 6.07) is 3.64. The van der Waals surface area contributed by atoms with Crippen LogP contribution in [0.4, 0.5) is 13.2 Å². The molecule has 16 heavy (non-hydrogen) atoms. The SMILES string of the molecule is Fc1ccc(Br)cc1C(F)(F)C1CCNC1. The summed E-state index contributed by atoms with van der Waals surface area (Å²) in [6.07, 6.45) is 0.374. The molecule has 0 saturated carbocycles. The van der Waals surface area contributed by atoms with Crippen molar-refractivity contribution in [2.45, 2.75) is 12.3 Å². The molecule has 1 atom stereocenters. The Kier molecular flexibility index (Phi) is 3.26. The van der Waals surface area contributed by atoms with Crippen LogP contribution in [0.25, 0.3) is 0 Å². The minimum Gasteiger partial charge on any atom is -0.316 e. The first-order valence-corrected chi connectivity index (χ1v) is 5.85. The lowest BCUT2D eigenvalue weighted by molar-refractivity contribution is -0.0605. The maximum absolute atomic E-state index is 14.0. The normalized spacial score (nSPS) is 21.4. The highest BCUT2D eigenvalue weighted by Gasteiger charge is 2.44. The van der Waals surface area contributed by atoms with Crippen LogP contribution in [-0.2, 0) is 5.92 Å². The fourth-order valence-electron chi connectivity index (χ4n) is 1.94. The maximum atomic E-state index is 14.0. The molecule has 1 unspecified atom stereocenters. The molecular formula is C11H11BrF3N. The van der Waals surface area contributed by atoms with E-state index in [1.807, 2.05) is 0 Å². The van der Waals surface area contributed by atoms with Gasteiger partial charge in [0.1, 0.15) is 5.82 Å². The summed E-state index contributed by atoms with van der Waals surface area (Å²) in [5, 5.41) is 2.87. The first-order chi connectivity index (χ1) is 7.51. The van der Waals surface area contributed by atoms with Gasteiger partial charge in [0, 0.05) is 16.9 Å². The Hall–Kier alpha value is -0.550. The van der Waals surface area contributed by atoms with Gasteiger partial charge in [0.2, 0.25) is 0 Å². The van der Waals surface area contributed by atoms with Crippen LogP contribution in [0.3, 0.4) is 0 Å². The first-order valence-electron chi connectivity index (χ1n) is 5.06. The Morgan fingerprint density at radius 3 is 2.75 bits per heavy atom. The van der Waals surface area contributed by atoms with Crippen molar-refractivity contribution in [2.24, 2.45) is 5.92 Å². The predicted octanol–water partition coefficient (Wildman–Crippen LogP) is 3.29. The maximum Gasteiger partial charge on any atom is 0.280 e. The minimum absolute atomic E-state index is 0.235. The van der Waals surface area contributed by atoms with Crippen LogP contribution >= 0.6 is 15.9 Å². The summed E-state index contributed by atoms with van der Waals surface area (Å²) in [7, 11) is 0. The van der Waals surface area contributed by atoms with E-state index in [9.17, 15) is 13.2 Å². The van der Waals surface area contributed by atoms with E-state index < -0.39 is 23.2 Å². The molecule has 1 heterocycles. The molecule has 5 heteroatoms. The molecule has 1 N–H and O–H groups in total. The second-order valence-electron chi connectivity index (χ2n) is 3.94. The zero-order chi connectivity index (χ0) is 11.8. The number of alkyl halides is 2. The standard InChI is InChI=1S/C11H11BrF3N/c12-8-1-2-10(13)9(5-8)11(14,15)7-3-4-16-6-7/h1-2,5,7,16H,3-4,6H2. The molecule has 0 bridgehead atoms. The number of nitrogens with one attached hydrogen (secondary N) is 1. The van der Waals surface area contributed by atoms with Gasteiger partial charge in [-0.05, 0) is 31.2 Å². The molecular weight excluding hydrogens is 283 g/mol. The fourth-order valence-corrected chi connectivity index (χ4v) is 2.30. The second-order valence-corrected chi connectivity index (χ2v) is 4.85. The quantitative estimate of drug-likeness (QED) is 0.882. The van der Waals surface area contributed by atoms with Gasteiger partial charge < -0.3 is 5.32 Å². The topological polar surface area (TPSA) is 12.0 Å². The summed E-state index contributed by atoms with van der Waals surface area (Å²) >= 11 is 3.08. The Morgan fingerprint density at radius 2 is 2.12 bits per heavy atom. The highest BCUT2D eigenvalue weighted by atomic mass is 79.9. The monoisotopic (exact) mass is 293 g/mol. The predicted molar refractivity (Wildman–Crippen MR) is 59.0 cm³/mol. The zero-order valence-corrected chi connectivity index (χ0v) is 10.0. The number of hydrogen-bond donors (Lipinski definition) is 1. The average Bonchev–Trinajstić information content (AvgIpc) is 2.75. The molecule has 0 radical (unpaired) electrons. The van der Waals surface area contributed by atoms with Gasteiger partial charge in [-0.25, -0.2) is 13.2 Å². The molecule has 0 aromatic heterocycles. The van der Waals surface area contributed by atoms with E-state index in [1.165, 1.54) is 6.07 Å². The van der Waals surface area contributed by atoms with Crippen molar-refractivity contribution in [3.8, 4) is 0 Å². The molecule has 1 aromatic carbocycles. The van der Waals surface area contributed by atoms with Gasteiger partial charge in [-0.3, -0.25) is 0 Å². The van der Waals surface area contributed by atoms with Crippen LogP contribution < -0.4 is 5.32 Å². The van der Waals surface area contributed by atoms with Crippen LogP contribution in [0, 0.1) is 11.7 Å². The fraction of sp³-hybridized carbons (Fsp3) is 0.455. The molecule has 1 aromatic rings. The van der Waals surface area contributed by atoms with Crippen LogP contribution in [0.15, 0.2) is 22.7 Å². The molecule has 1 nitrogen and oxygen atoms in total. The van der Waals surface area contributed by atoms with Crippen molar-refractivity contribution in [2.75, 3.05) is 13.1 Å². The number of hydrogen-bond acceptors (Lipinski definition) is 1. The third-order valence-corrected chi connectivity index (χ3v) is 3.35. The summed E-state index contributed by atoms with van der Waals surface area (Å²) in [5.74, 6) is -4.78. The zero-order valence-electron chi connectivity index (χ0n) is 8.44. The van der Waals surface area contributed by atoms with Crippen LogP contribution in [0.1, 0.15) is 12.0 Å². The molecule has 1 saturated heterocycles. The van der Waals surface area contributed by atoms with Gasteiger partial charge in [0.05, 0.1) is 5.56 Å². The highest BCUT2D eigenvalue weighted by molar-refractivity contribution is 9.10. The van der Waals surface area contributed by atoms with E-state index in [2.05, 4.69) is 21.2 Å². The summed E-state index contributed by atoms with van der Waals surface area (Å²) in [4.78, 5) is 0. The smallest absolute Gasteiger partial charge is 0.280 e. The van der Waals surface area contributed by atoms with Gasteiger partial charge >= 0.3 is 0 Å². The summed E-state index contributed by atoms with van der Waals surface area (Å²) < 4.78 is 41.9. The molecule has 0 amide bonds. The van der Waals surface area contributed by atoms with Gasteiger partial charge in [0.15, 0.2) is 0 Å². The summed E-state index contributed by atoms with van der Waals surface area (Å²) in [6.45, 7) is 0.800. The number of rotatable bonds is 2. The lowest BCUT2D eigenvalue weighted by Gasteiger charge is -2.23. The van der Waals surface area contributed by atoms with Gasteiger partial charge in [-0.1, -0.05) is 15.9 Å². The molecule has 1 aliphatic heterocycles. The Morgan fingerprint density at radius 1 is 1.38 bits per heavy atom. The second kappa shape index (κ2) is 4.37. The van der Waals surface area contributed by atoms with Crippen molar-refractivity contribution >= 4 is 15.9 Å². The van der Waals surface area contributed by atoms with Gasteiger partial charge in [-0.2, -0.15) is 0 Å². The van der Waals surface area contributed by atoms with E-state index in [0.29, 0.717) is 17.4 Å². The molecule has 0 spiro atoms. The van der Waals surface area contributed by atoms with E-state index in [-0.39, 0.29) is 6.54 Å². The van der Waals surface area contributed by atoms with Crippen LogP contribution in [0.5, 0.6) is 0 Å². The molecule has 1 fully saturated rings. The van der Waals surface area contributed by atoms with Crippen molar-refractivity contribution in [3.05, 3.63) is 34.1 Å². The van der Waals surface area contributed by atoms with Crippen molar-refractivity contribution in [1.29, 1.82) is 0 Å². The van der Waals surface area contributed by atoms with E-state index in [0.717, 1.165) is 12.1 Å². The third kappa shape index (κ3) is 2.11. The van der Waals surface area contributed by atoms with E-state index >= 15 is 0 Å². The molecule has 1 aliphatic rings. The van der Waals surface area contributed by atoms with Crippen molar-refractivity contribution in [1.82, 2.24) is 5.32 Å². The average molecular weight is 294 g/mol. The Balaban J connectivity index is 2.37. The minimum atomic E-state index is -3.11. The molecule has 0 aliphatic carbocycles. The number of benzene rings is 1. The largest absolute Gasteiger partial charge is 0.316 e. The Labute approximate surface area is 100 Å². The van der Waals surface area contributed by atoms with Gasteiger partial charge in [-0.15, -0.1) is 0 Å². The number of halogens is 4. The van der Waals surface area contributed by atoms with Crippen LogP contribution in [-0.4, -0.2) is 13.1 Å². The van der Waals surface area contributed by atoms with E-state index in [4.69, 9.17) is 0 Å². The van der Waals surface area contributed by atoms with Gasteiger partial charge in [0.25, 0.3) is 5.92 Å². The Bertz CT molecular complexity index is 389. The highest BCUT2D eigenvalue weighted by Crippen LogP contribution is 2.40. The molecule has 88 valence electrons. The van der Waals surface area contributed by atoms with Crippen LogP contribution in [0.2, 0.25) is 0 Å².